The number of aromatic nitrogens is 4. The van der Waals surface area contributed by atoms with E-state index in [0.29, 0.717) is 21.6 Å². The van der Waals surface area contributed by atoms with Crippen LogP contribution in [-0.4, -0.2) is 63.9 Å². The first-order chi connectivity index (χ1) is 13.0. The number of ether oxygens (including phenoxy) is 2. The molecule has 1 saturated heterocycles. The van der Waals surface area contributed by atoms with Gasteiger partial charge in [-0.05, 0) is 12.8 Å². The minimum absolute atomic E-state index is 0.0867. The molecule has 2 aromatic heterocycles. The first kappa shape index (κ1) is 19.6. The third kappa shape index (κ3) is 5.40. The molecule has 0 aliphatic carbocycles. The minimum atomic E-state index is -0.387. The summed E-state index contributed by atoms with van der Waals surface area (Å²) in [5, 5.41) is 17.8. The Labute approximate surface area is 164 Å². The van der Waals surface area contributed by atoms with Crippen LogP contribution in [0.2, 0.25) is 0 Å². The lowest BCUT2D eigenvalue weighted by atomic mass is 10.2. The molecule has 0 bridgehead atoms. The average molecular weight is 412 g/mol. The Kier molecular flexibility index (Phi) is 6.63. The quantitative estimate of drug-likeness (QED) is 0.485. The normalized spacial score (nSPS) is 16.3. The fourth-order valence-corrected chi connectivity index (χ4v) is 4.05. The Balaban J connectivity index is 1.46. The molecule has 12 heteroatoms. The number of hydrogen-bond donors (Lipinski definition) is 2. The molecule has 1 atom stereocenters. The van der Waals surface area contributed by atoms with Gasteiger partial charge in [0.1, 0.15) is 5.56 Å². The molecule has 2 N–H and O–H groups in total. The molecule has 3 rings (SSSR count). The second-order valence-corrected chi connectivity index (χ2v) is 7.98. The summed E-state index contributed by atoms with van der Waals surface area (Å²) in [6, 6.07) is 0. The first-order valence-corrected chi connectivity index (χ1v) is 10.1. The van der Waals surface area contributed by atoms with Gasteiger partial charge in [-0.1, -0.05) is 23.1 Å². The van der Waals surface area contributed by atoms with Crippen molar-refractivity contribution in [3.8, 4) is 5.88 Å². The van der Waals surface area contributed by atoms with E-state index in [4.69, 9.17) is 9.47 Å². The van der Waals surface area contributed by atoms with Gasteiger partial charge in [0.25, 0.3) is 5.91 Å². The van der Waals surface area contributed by atoms with Gasteiger partial charge >= 0.3 is 0 Å². The Morgan fingerprint density at radius 1 is 1.48 bits per heavy atom. The summed E-state index contributed by atoms with van der Waals surface area (Å²) in [4.78, 5) is 24.2. The molecule has 1 aliphatic rings. The molecule has 146 valence electrons. The molecule has 1 aliphatic heterocycles. The van der Waals surface area contributed by atoms with E-state index in [9.17, 15) is 9.59 Å². The van der Waals surface area contributed by atoms with Gasteiger partial charge in [0.05, 0.1) is 19.0 Å². The Bertz CT molecular complexity index is 802. The van der Waals surface area contributed by atoms with E-state index in [1.54, 1.807) is 13.2 Å². The van der Waals surface area contributed by atoms with Crippen LogP contribution in [-0.2, 0) is 16.6 Å². The number of nitrogens with one attached hydrogen (secondary N) is 2. The Hall–Kier alpha value is -2.18. The van der Waals surface area contributed by atoms with Crippen LogP contribution in [0, 0.1) is 0 Å². The van der Waals surface area contributed by atoms with Gasteiger partial charge in [0.15, 0.2) is 4.34 Å². The van der Waals surface area contributed by atoms with Crippen LogP contribution in [0.25, 0.3) is 0 Å². The van der Waals surface area contributed by atoms with Crippen molar-refractivity contribution in [1.29, 1.82) is 0 Å². The first-order valence-electron chi connectivity index (χ1n) is 8.28. The minimum Gasteiger partial charge on any atom is -0.479 e. The van der Waals surface area contributed by atoms with E-state index in [-0.39, 0.29) is 29.6 Å². The molecule has 0 saturated carbocycles. The highest BCUT2D eigenvalue weighted by atomic mass is 32.2. The highest BCUT2D eigenvalue weighted by Crippen LogP contribution is 2.26. The summed E-state index contributed by atoms with van der Waals surface area (Å²) in [5.74, 6) is -0.0125. The maximum atomic E-state index is 12.3. The van der Waals surface area contributed by atoms with Crippen molar-refractivity contribution in [3.63, 3.8) is 0 Å². The highest BCUT2D eigenvalue weighted by molar-refractivity contribution is 8.01. The maximum Gasteiger partial charge on any atom is 0.264 e. The van der Waals surface area contributed by atoms with E-state index < -0.39 is 0 Å². The van der Waals surface area contributed by atoms with Gasteiger partial charge in [-0.15, -0.1) is 15.3 Å². The summed E-state index contributed by atoms with van der Waals surface area (Å²) in [5.41, 5.74) is 0.304. The predicted octanol–water partition coefficient (Wildman–Crippen LogP) is 0.920. The number of thioether (sulfide) groups is 1. The van der Waals surface area contributed by atoms with Crippen LogP contribution in [0.3, 0.4) is 0 Å². The number of anilines is 1. The summed E-state index contributed by atoms with van der Waals surface area (Å²) in [6.45, 7) is 1.29. The van der Waals surface area contributed by atoms with Crippen molar-refractivity contribution in [3.05, 3.63) is 11.8 Å². The average Bonchev–Trinajstić information content (AvgIpc) is 3.39. The molecule has 2 aromatic rings. The number of carbonyl (C=O) groups is 2. The number of aryl methyl sites for hydroxylation is 1. The van der Waals surface area contributed by atoms with Gasteiger partial charge < -0.3 is 14.8 Å². The van der Waals surface area contributed by atoms with Crippen LogP contribution in [0.15, 0.2) is 10.5 Å². The molecule has 0 aromatic carbocycles. The Morgan fingerprint density at radius 2 is 2.33 bits per heavy atom. The van der Waals surface area contributed by atoms with Crippen molar-refractivity contribution < 1.29 is 19.1 Å². The smallest absolute Gasteiger partial charge is 0.264 e. The summed E-state index contributed by atoms with van der Waals surface area (Å²) >= 11 is 2.46. The molecule has 0 radical (unpaired) electrons. The van der Waals surface area contributed by atoms with Crippen LogP contribution in [0.4, 0.5) is 5.13 Å². The zero-order chi connectivity index (χ0) is 19.2. The highest BCUT2D eigenvalue weighted by Gasteiger charge is 2.19. The van der Waals surface area contributed by atoms with E-state index >= 15 is 0 Å². The number of methoxy groups -OCH3 is 1. The van der Waals surface area contributed by atoms with Crippen molar-refractivity contribution in [2.45, 2.75) is 23.3 Å². The van der Waals surface area contributed by atoms with E-state index in [0.717, 1.165) is 19.4 Å². The number of carbonyl (C=O) groups excluding carboxylic acids is 2. The van der Waals surface area contributed by atoms with Crippen molar-refractivity contribution in [2.75, 3.05) is 31.3 Å². The lowest BCUT2D eigenvalue weighted by Gasteiger charge is -2.09. The van der Waals surface area contributed by atoms with Crippen LogP contribution < -0.4 is 15.4 Å². The fraction of sp³-hybridized carbons (Fsp3) is 0.533. The second kappa shape index (κ2) is 9.15. The molecular formula is C15H20N6O4S2. The van der Waals surface area contributed by atoms with Gasteiger partial charge in [0.2, 0.25) is 16.9 Å². The predicted molar refractivity (Wildman–Crippen MR) is 100 cm³/mol. The SMILES string of the molecule is COc1nn(C)cc1C(=O)Nc1nnc(SCC(=O)NC[C@H]2CCCO2)s1. The number of hydrogen-bond acceptors (Lipinski definition) is 9. The summed E-state index contributed by atoms with van der Waals surface area (Å²) < 4.78 is 12.6. The standard InChI is InChI=1S/C15H20N6O4S2/c1-21-7-10(13(20-21)24-2)12(23)17-14-18-19-15(27-14)26-8-11(22)16-6-9-4-3-5-25-9/h7,9H,3-6,8H2,1-2H3,(H,16,22)(H,17,18,23)/t9-/m1/s1. The van der Waals surface area contributed by atoms with Crippen molar-refractivity contribution >= 4 is 40.0 Å². The molecule has 1 fully saturated rings. The van der Waals surface area contributed by atoms with Crippen molar-refractivity contribution in [1.82, 2.24) is 25.3 Å². The molecular weight excluding hydrogens is 392 g/mol. The molecule has 3 heterocycles. The zero-order valence-electron chi connectivity index (χ0n) is 14.9. The molecule has 0 spiro atoms. The van der Waals surface area contributed by atoms with Crippen LogP contribution in [0.5, 0.6) is 5.88 Å². The van der Waals surface area contributed by atoms with Crippen LogP contribution >= 0.6 is 23.1 Å². The lowest BCUT2D eigenvalue weighted by molar-refractivity contribution is -0.119. The van der Waals surface area contributed by atoms with Crippen molar-refractivity contribution in [2.24, 2.45) is 7.05 Å². The van der Waals surface area contributed by atoms with Crippen LogP contribution in [0.1, 0.15) is 23.2 Å². The van der Waals surface area contributed by atoms with Gasteiger partial charge in [-0.2, -0.15) is 0 Å². The molecule has 27 heavy (non-hydrogen) atoms. The third-order valence-corrected chi connectivity index (χ3v) is 5.71. The number of rotatable bonds is 8. The monoisotopic (exact) mass is 412 g/mol. The zero-order valence-corrected chi connectivity index (χ0v) is 16.6. The summed E-state index contributed by atoms with van der Waals surface area (Å²) in [6.07, 6.45) is 3.70. The number of nitrogens with zero attached hydrogens (tertiary/aromatic N) is 4. The number of amides is 2. The lowest BCUT2D eigenvalue weighted by Crippen LogP contribution is -2.32. The van der Waals surface area contributed by atoms with Gasteiger partial charge in [-0.3, -0.25) is 19.6 Å². The van der Waals surface area contributed by atoms with Gasteiger partial charge in [0, 0.05) is 26.4 Å². The van der Waals surface area contributed by atoms with E-state index in [2.05, 4.69) is 25.9 Å². The molecule has 10 nitrogen and oxygen atoms in total. The maximum absolute atomic E-state index is 12.3. The second-order valence-electron chi connectivity index (χ2n) is 5.78. The largest absolute Gasteiger partial charge is 0.479 e. The topological polar surface area (TPSA) is 120 Å². The third-order valence-electron chi connectivity index (χ3n) is 3.74. The Morgan fingerprint density at radius 3 is 3.07 bits per heavy atom. The molecule has 0 unspecified atom stereocenters. The van der Waals surface area contributed by atoms with E-state index in [1.165, 1.54) is 34.9 Å². The summed E-state index contributed by atoms with van der Waals surface area (Å²) in [7, 11) is 3.14. The van der Waals surface area contributed by atoms with E-state index in [1.807, 2.05) is 0 Å². The van der Waals surface area contributed by atoms with Gasteiger partial charge in [-0.25, -0.2) is 0 Å². The molecule has 2 amide bonds. The fourth-order valence-electron chi connectivity index (χ4n) is 2.47.